The topological polar surface area (TPSA) is 64.4 Å². The summed E-state index contributed by atoms with van der Waals surface area (Å²) < 4.78 is 18.7. The summed E-state index contributed by atoms with van der Waals surface area (Å²) in [7, 11) is 0. The summed E-state index contributed by atoms with van der Waals surface area (Å²) in [6, 6.07) is 3.69. The van der Waals surface area contributed by atoms with Gasteiger partial charge in [0.2, 0.25) is 5.75 Å². The minimum atomic E-state index is -0.693. The van der Waals surface area contributed by atoms with Crippen molar-refractivity contribution in [2.24, 2.45) is 0 Å². The van der Waals surface area contributed by atoms with Crippen LogP contribution in [0.1, 0.15) is 6.42 Å². The molecule has 1 aliphatic heterocycles. The monoisotopic (exact) mass is 226 g/mol. The van der Waals surface area contributed by atoms with Crippen LogP contribution in [-0.2, 0) is 0 Å². The van der Waals surface area contributed by atoms with Crippen LogP contribution in [0.3, 0.4) is 0 Å². The van der Waals surface area contributed by atoms with E-state index in [1.807, 2.05) is 0 Å². The fourth-order valence-corrected chi connectivity index (χ4v) is 1.65. The predicted octanol–water partition coefficient (Wildman–Crippen LogP) is 1.47. The number of hydrogen-bond donors (Lipinski definition) is 1. The number of rotatable bonds is 3. The summed E-state index contributed by atoms with van der Waals surface area (Å²) in [4.78, 5) is 10.1. The first kappa shape index (κ1) is 10.8. The third-order valence-electron chi connectivity index (χ3n) is 2.44. The molecule has 0 aliphatic carbocycles. The Labute approximate surface area is 91.4 Å². The van der Waals surface area contributed by atoms with Crippen LogP contribution in [0.2, 0.25) is 0 Å². The van der Waals surface area contributed by atoms with Crippen LogP contribution in [0.4, 0.5) is 10.1 Å². The first-order valence-electron chi connectivity index (χ1n) is 4.99. The number of nitro groups is 1. The van der Waals surface area contributed by atoms with Gasteiger partial charge in [0.05, 0.1) is 4.92 Å². The summed E-state index contributed by atoms with van der Waals surface area (Å²) in [6.07, 6.45) is 0.529. The first-order chi connectivity index (χ1) is 7.68. The van der Waals surface area contributed by atoms with Crippen LogP contribution in [-0.4, -0.2) is 24.1 Å². The molecule has 0 unspecified atom stereocenters. The largest absolute Gasteiger partial charge is 0.480 e. The highest BCUT2D eigenvalue weighted by molar-refractivity contribution is 5.47. The zero-order chi connectivity index (χ0) is 11.5. The Balaban J connectivity index is 2.26. The molecule has 16 heavy (non-hydrogen) atoms. The van der Waals surface area contributed by atoms with Gasteiger partial charge in [-0.3, -0.25) is 10.1 Å². The molecule has 1 aromatic carbocycles. The zero-order valence-electron chi connectivity index (χ0n) is 8.48. The number of ether oxygens (including phenoxy) is 1. The van der Waals surface area contributed by atoms with Crippen molar-refractivity contribution in [1.82, 2.24) is 5.32 Å². The van der Waals surface area contributed by atoms with Gasteiger partial charge in [0.25, 0.3) is 0 Å². The van der Waals surface area contributed by atoms with Crippen LogP contribution in [0.5, 0.6) is 5.75 Å². The molecule has 1 aliphatic rings. The highest BCUT2D eigenvalue weighted by atomic mass is 19.1. The SMILES string of the molecule is O=[N+]([O-])c1cccc(F)c1O[C@H]1CCNC1. The van der Waals surface area contributed by atoms with E-state index in [1.165, 1.54) is 12.1 Å². The van der Waals surface area contributed by atoms with Gasteiger partial charge in [0, 0.05) is 12.6 Å². The third-order valence-corrected chi connectivity index (χ3v) is 2.44. The van der Waals surface area contributed by atoms with E-state index in [2.05, 4.69) is 5.32 Å². The molecule has 5 nitrogen and oxygen atoms in total. The maximum atomic E-state index is 13.4. The fourth-order valence-electron chi connectivity index (χ4n) is 1.65. The lowest BCUT2D eigenvalue weighted by Gasteiger charge is -2.12. The van der Waals surface area contributed by atoms with E-state index in [-0.39, 0.29) is 17.5 Å². The Bertz CT molecular complexity index is 405. The summed E-state index contributed by atoms with van der Waals surface area (Å²) >= 11 is 0. The minimum Gasteiger partial charge on any atom is -0.480 e. The number of nitrogens with one attached hydrogen (secondary N) is 1. The van der Waals surface area contributed by atoms with Crippen molar-refractivity contribution in [2.75, 3.05) is 13.1 Å². The average molecular weight is 226 g/mol. The molecule has 0 bridgehead atoms. The van der Waals surface area contributed by atoms with Crippen molar-refractivity contribution in [1.29, 1.82) is 0 Å². The summed E-state index contributed by atoms with van der Waals surface area (Å²) in [5, 5.41) is 13.7. The van der Waals surface area contributed by atoms with Crippen molar-refractivity contribution in [3.63, 3.8) is 0 Å². The Morgan fingerprint density at radius 3 is 3.00 bits per heavy atom. The highest BCUT2D eigenvalue weighted by Crippen LogP contribution is 2.31. The second-order valence-electron chi connectivity index (χ2n) is 3.58. The van der Waals surface area contributed by atoms with Crippen molar-refractivity contribution < 1.29 is 14.1 Å². The number of hydrogen-bond acceptors (Lipinski definition) is 4. The van der Waals surface area contributed by atoms with Gasteiger partial charge < -0.3 is 10.1 Å². The Morgan fingerprint density at radius 2 is 2.38 bits per heavy atom. The van der Waals surface area contributed by atoms with Gasteiger partial charge in [-0.05, 0) is 19.0 Å². The summed E-state index contributed by atoms with van der Waals surface area (Å²) in [6.45, 7) is 1.37. The van der Waals surface area contributed by atoms with Crippen molar-refractivity contribution in [3.8, 4) is 5.75 Å². The number of benzene rings is 1. The standard InChI is InChI=1S/C10H11FN2O3/c11-8-2-1-3-9(13(14)15)10(8)16-7-4-5-12-6-7/h1-3,7,12H,4-6H2/t7-/m0/s1. The van der Waals surface area contributed by atoms with Crippen LogP contribution in [0.25, 0.3) is 0 Å². The van der Waals surface area contributed by atoms with E-state index in [9.17, 15) is 14.5 Å². The lowest BCUT2D eigenvalue weighted by atomic mass is 10.2. The second kappa shape index (κ2) is 4.44. The number of halogens is 1. The molecule has 0 saturated carbocycles. The van der Waals surface area contributed by atoms with E-state index in [0.29, 0.717) is 6.54 Å². The molecule has 1 saturated heterocycles. The summed E-state index contributed by atoms with van der Waals surface area (Å²) in [5.74, 6) is -0.956. The number of nitrogens with zero attached hydrogens (tertiary/aromatic N) is 1. The molecule has 1 N–H and O–H groups in total. The first-order valence-corrected chi connectivity index (χ1v) is 4.99. The summed E-state index contributed by atoms with van der Waals surface area (Å²) in [5.41, 5.74) is -0.327. The molecular formula is C10H11FN2O3. The van der Waals surface area contributed by atoms with Crippen LogP contribution >= 0.6 is 0 Å². The molecule has 86 valence electrons. The van der Waals surface area contributed by atoms with E-state index >= 15 is 0 Å². The van der Waals surface area contributed by atoms with E-state index in [0.717, 1.165) is 19.0 Å². The van der Waals surface area contributed by atoms with Gasteiger partial charge in [-0.2, -0.15) is 0 Å². The smallest absolute Gasteiger partial charge is 0.314 e. The molecule has 1 fully saturated rings. The maximum absolute atomic E-state index is 13.4. The Hall–Kier alpha value is -1.69. The third kappa shape index (κ3) is 2.11. The molecule has 0 spiro atoms. The van der Waals surface area contributed by atoms with Gasteiger partial charge >= 0.3 is 5.69 Å². The molecule has 0 aromatic heterocycles. The quantitative estimate of drug-likeness (QED) is 0.626. The van der Waals surface area contributed by atoms with Gasteiger partial charge in [0.15, 0.2) is 5.82 Å². The normalized spacial score (nSPS) is 19.7. The van der Waals surface area contributed by atoms with Crippen molar-refractivity contribution in [3.05, 3.63) is 34.1 Å². The second-order valence-corrected chi connectivity index (χ2v) is 3.58. The lowest BCUT2D eigenvalue weighted by Crippen LogP contribution is -2.20. The molecule has 1 aromatic rings. The van der Waals surface area contributed by atoms with E-state index in [1.54, 1.807) is 0 Å². The molecule has 2 rings (SSSR count). The van der Waals surface area contributed by atoms with Gasteiger partial charge in [-0.1, -0.05) is 6.07 Å². The fraction of sp³-hybridized carbons (Fsp3) is 0.400. The highest BCUT2D eigenvalue weighted by Gasteiger charge is 2.24. The predicted molar refractivity (Wildman–Crippen MR) is 55.0 cm³/mol. The number of para-hydroxylation sites is 1. The van der Waals surface area contributed by atoms with Gasteiger partial charge in [-0.25, -0.2) is 4.39 Å². The molecule has 1 atom stereocenters. The molecule has 6 heteroatoms. The van der Waals surface area contributed by atoms with E-state index in [4.69, 9.17) is 4.74 Å². The minimum absolute atomic E-state index is 0.199. The molecule has 0 amide bonds. The Kier molecular flexibility index (Phi) is 3.00. The van der Waals surface area contributed by atoms with Crippen molar-refractivity contribution in [2.45, 2.75) is 12.5 Å². The van der Waals surface area contributed by atoms with Gasteiger partial charge in [0.1, 0.15) is 6.10 Å². The van der Waals surface area contributed by atoms with E-state index < -0.39 is 10.7 Å². The van der Waals surface area contributed by atoms with Crippen LogP contribution in [0, 0.1) is 15.9 Å². The molecule has 1 heterocycles. The number of nitro benzene ring substituents is 1. The Morgan fingerprint density at radius 1 is 1.56 bits per heavy atom. The van der Waals surface area contributed by atoms with Crippen molar-refractivity contribution >= 4 is 5.69 Å². The average Bonchev–Trinajstić information content (AvgIpc) is 2.73. The van der Waals surface area contributed by atoms with Crippen LogP contribution < -0.4 is 10.1 Å². The van der Waals surface area contributed by atoms with Gasteiger partial charge in [-0.15, -0.1) is 0 Å². The lowest BCUT2D eigenvalue weighted by molar-refractivity contribution is -0.386. The zero-order valence-corrected chi connectivity index (χ0v) is 8.48. The van der Waals surface area contributed by atoms with Crippen LogP contribution in [0.15, 0.2) is 18.2 Å². The molecular weight excluding hydrogens is 215 g/mol. The maximum Gasteiger partial charge on any atom is 0.314 e. The molecule has 0 radical (unpaired) electrons.